The van der Waals surface area contributed by atoms with Crippen LogP contribution >= 0.6 is 0 Å². The third-order valence-corrected chi connectivity index (χ3v) is 2.59. The van der Waals surface area contributed by atoms with Crippen LogP contribution in [0.1, 0.15) is 33.1 Å². The molecule has 1 saturated heterocycles. The Kier molecular flexibility index (Phi) is 3.31. The molecule has 0 bridgehead atoms. The molecule has 0 aromatic rings. The molecule has 0 aromatic carbocycles. The molecule has 76 valence electrons. The second-order valence-corrected chi connectivity index (χ2v) is 4.23. The van der Waals surface area contributed by atoms with Gasteiger partial charge in [-0.2, -0.15) is 0 Å². The Balaban J connectivity index is 2.40. The Morgan fingerprint density at radius 2 is 1.92 bits per heavy atom. The molecule has 1 aliphatic rings. The first-order chi connectivity index (χ1) is 6.05. The summed E-state index contributed by atoms with van der Waals surface area (Å²) in [7, 11) is 1.65. The van der Waals surface area contributed by atoms with Crippen LogP contribution in [0.5, 0.6) is 0 Å². The Bertz CT molecular complexity index is 183. The summed E-state index contributed by atoms with van der Waals surface area (Å²) in [5.74, 6) is 0.226. The maximum atomic E-state index is 11.7. The molecule has 1 aliphatic heterocycles. The highest BCUT2D eigenvalue weighted by Gasteiger charge is 2.26. The van der Waals surface area contributed by atoms with E-state index in [-0.39, 0.29) is 11.5 Å². The van der Waals surface area contributed by atoms with Crippen LogP contribution < -0.4 is 0 Å². The molecule has 3 nitrogen and oxygen atoms in total. The van der Waals surface area contributed by atoms with Gasteiger partial charge in [-0.15, -0.1) is 0 Å². The van der Waals surface area contributed by atoms with Crippen LogP contribution in [0.3, 0.4) is 0 Å². The molecule has 1 heterocycles. The average Bonchev–Trinajstić information content (AvgIpc) is 2.55. The Hall–Kier alpha value is -0.570. The average molecular weight is 185 g/mol. The lowest BCUT2D eigenvalue weighted by atomic mass is 10.0. The topological polar surface area (TPSA) is 29.5 Å². The van der Waals surface area contributed by atoms with Crippen molar-refractivity contribution in [3.05, 3.63) is 0 Å². The van der Waals surface area contributed by atoms with Crippen LogP contribution in [0.2, 0.25) is 0 Å². The maximum absolute atomic E-state index is 11.7. The number of hydrogen-bond acceptors (Lipinski definition) is 2. The molecule has 1 fully saturated rings. The van der Waals surface area contributed by atoms with Gasteiger partial charge in [0.1, 0.15) is 0 Å². The van der Waals surface area contributed by atoms with Gasteiger partial charge in [-0.3, -0.25) is 4.79 Å². The Labute approximate surface area is 80.1 Å². The summed E-state index contributed by atoms with van der Waals surface area (Å²) in [6.45, 7) is 5.75. The van der Waals surface area contributed by atoms with Crippen molar-refractivity contribution in [3.8, 4) is 0 Å². The van der Waals surface area contributed by atoms with Gasteiger partial charge >= 0.3 is 0 Å². The van der Waals surface area contributed by atoms with Crippen LogP contribution in [0, 0.1) is 0 Å². The van der Waals surface area contributed by atoms with Crippen molar-refractivity contribution in [2.24, 2.45) is 0 Å². The predicted molar refractivity (Wildman–Crippen MR) is 51.5 cm³/mol. The van der Waals surface area contributed by atoms with E-state index in [0.717, 1.165) is 25.9 Å². The van der Waals surface area contributed by atoms with E-state index in [4.69, 9.17) is 4.74 Å². The molecule has 0 atom stereocenters. The number of amides is 1. The van der Waals surface area contributed by atoms with Crippen LogP contribution in [0.15, 0.2) is 0 Å². The number of carbonyl (C=O) groups is 1. The zero-order chi connectivity index (χ0) is 9.90. The molecule has 1 amide bonds. The van der Waals surface area contributed by atoms with Gasteiger partial charge in [0.2, 0.25) is 5.91 Å². The lowest BCUT2D eigenvalue weighted by Crippen LogP contribution is -2.35. The number of nitrogens with zero attached hydrogens (tertiary/aromatic N) is 1. The van der Waals surface area contributed by atoms with E-state index >= 15 is 0 Å². The minimum absolute atomic E-state index is 0.226. The highest BCUT2D eigenvalue weighted by Crippen LogP contribution is 2.17. The SMILES string of the molecule is COC(C)(C)CC(=O)N1CCCC1. The van der Waals surface area contributed by atoms with E-state index in [1.807, 2.05) is 18.7 Å². The van der Waals surface area contributed by atoms with Crippen molar-refractivity contribution in [1.29, 1.82) is 0 Å². The fourth-order valence-electron chi connectivity index (χ4n) is 1.51. The third kappa shape index (κ3) is 2.99. The molecule has 1 rings (SSSR count). The molecule has 0 radical (unpaired) electrons. The van der Waals surface area contributed by atoms with Gasteiger partial charge in [0, 0.05) is 20.2 Å². The van der Waals surface area contributed by atoms with Crippen LogP contribution in [-0.4, -0.2) is 36.6 Å². The summed E-state index contributed by atoms with van der Waals surface area (Å²) >= 11 is 0. The summed E-state index contributed by atoms with van der Waals surface area (Å²) in [6.07, 6.45) is 2.79. The van der Waals surface area contributed by atoms with Gasteiger partial charge in [-0.25, -0.2) is 0 Å². The molecule has 0 aliphatic carbocycles. The Morgan fingerprint density at radius 3 is 2.38 bits per heavy atom. The van der Waals surface area contributed by atoms with Crippen molar-refractivity contribution >= 4 is 5.91 Å². The first-order valence-electron chi connectivity index (χ1n) is 4.88. The van der Waals surface area contributed by atoms with Crippen molar-refractivity contribution in [3.63, 3.8) is 0 Å². The standard InChI is InChI=1S/C10H19NO2/c1-10(2,13-3)8-9(12)11-6-4-5-7-11/h4-8H2,1-3H3. The van der Waals surface area contributed by atoms with Gasteiger partial charge in [0.05, 0.1) is 12.0 Å². The number of likely N-dealkylation sites (tertiary alicyclic amines) is 1. The molecule has 0 unspecified atom stereocenters. The highest BCUT2D eigenvalue weighted by molar-refractivity contribution is 5.77. The highest BCUT2D eigenvalue weighted by atomic mass is 16.5. The lowest BCUT2D eigenvalue weighted by molar-refractivity contribution is -0.135. The van der Waals surface area contributed by atoms with E-state index in [0.29, 0.717) is 6.42 Å². The van der Waals surface area contributed by atoms with Crippen LogP contribution in [-0.2, 0) is 9.53 Å². The smallest absolute Gasteiger partial charge is 0.225 e. The third-order valence-electron chi connectivity index (χ3n) is 2.59. The van der Waals surface area contributed by atoms with E-state index in [9.17, 15) is 4.79 Å². The molecular formula is C10H19NO2. The minimum atomic E-state index is -0.320. The molecule has 0 aromatic heterocycles. The number of carbonyl (C=O) groups excluding carboxylic acids is 1. The monoisotopic (exact) mass is 185 g/mol. The van der Waals surface area contributed by atoms with E-state index in [1.165, 1.54) is 0 Å². The second-order valence-electron chi connectivity index (χ2n) is 4.23. The summed E-state index contributed by atoms with van der Waals surface area (Å²) in [6, 6.07) is 0. The van der Waals surface area contributed by atoms with E-state index in [1.54, 1.807) is 7.11 Å². The number of hydrogen-bond donors (Lipinski definition) is 0. The first kappa shape index (κ1) is 10.5. The lowest BCUT2D eigenvalue weighted by Gasteiger charge is -2.25. The van der Waals surface area contributed by atoms with Crippen molar-refractivity contribution < 1.29 is 9.53 Å². The van der Waals surface area contributed by atoms with Gasteiger partial charge in [-0.05, 0) is 26.7 Å². The minimum Gasteiger partial charge on any atom is -0.378 e. The molecule has 0 spiro atoms. The van der Waals surface area contributed by atoms with E-state index < -0.39 is 0 Å². The zero-order valence-electron chi connectivity index (χ0n) is 8.80. The largest absolute Gasteiger partial charge is 0.378 e. The maximum Gasteiger partial charge on any atom is 0.225 e. The van der Waals surface area contributed by atoms with Crippen molar-refractivity contribution in [2.45, 2.75) is 38.7 Å². The fourth-order valence-corrected chi connectivity index (χ4v) is 1.51. The van der Waals surface area contributed by atoms with Crippen molar-refractivity contribution in [1.82, 2.24) is 4.90 Å². The molecular weight excluding hydrogens is 166 g/mol. The quantitative estimate of drug-likeness (QED) is 0.665. The van der Waals surface area contributed by atoms with Crippen LogP contribution in [0.25, 0.3) is 0 Å². The number of rotatable bonds is 3. The normalized spacial score (nSPS) is 17.9. The summed E-state index contributed by atoms with van der Waals surface area (Å²) in [4.78, 5) is 13.6. The fraction of sp³-hybridized carbons (Fsp3) is 0.900. The Morgan fingerprint density at radius 1 is 1.38 bits per heavy atom. The van der Waals surface area contributed by atoms with E-state index in [2.05, 4.69) is 0 Å². The van der Waals surface area contributed by atoms with Gasteiger partial charge < -0.3 is 9.64 Å². The second kappa shape index (κ2) is 4.09. The molecule has 0 N–H and O–H groups in total. The molecule has 0 saturated carbocycles. The van der Waals surface area contributed by atoms with Gasteiger partial charge in [0.25, 0.3) is 0 Å². The number of ether oxygens (including phenoxy) is 1. The predicted octanol–water partition coefficient (Wildman–Crippen LogP) is 1.42. The van der Waals surface area contributed by atoms with Gasteiger partial charge in [0.15, 0.2) is 0 Å². The number of methoxy groups -OCH3 is 1. The summed E-state index contributed by atoms with van der Waals surface area (Å²) < 4.78 is 5.22. The summed E-state index contributed by atoms with van der Waals surface area (Å²) in [5.41, 5.74) is -0.320. The van der Waals surface area contributed by atoms with Crippen LogP contribution in [0.4, 0.5) is 0 Å². The van der Waals surface area contributed by atoms with Crippen molar-refractivity contribution in [2.75, 3.05) is 20.2 Å². The zero-order valence-corrected chi connectivity index (χ0v) is 8.80. The summed E-state index contributed by atoms with van der Waals surface area (Å²) in [5, 5.41) is 0. The molecule has 3 heteroatoms. The first-order valence-corrected chi connectivity index (χ1v) is 4.88. The molecule has 13 heavy (non-hydrogen) atoms. The van der Waals surface area contributed by atoms with Gasteiger partial charge in [-0.1, -0.05) is 0 Å².